The molecule has 8 heteroatoms. The van der Waals surface area contributed by atoms with Crippen LogP contribution in [0.15, 0.2) is 18.2 Å². The van der Waals surface area contributed by atoms with Gasteiger partial charge in [0.25, 0.3) is 5.91 Å². The minimum atomic E-state index is -4.60. The Hall–Kier alpha value is -1.80. The van der Waals surface area contributed by atoms with E-state index in [9.17, 15) is 18.0 Å². The van der Waals surface area contributed by atoms with E-state index >= 15 is 0 Å². The first-order chi connectivity index (χ1) is 9.81. The molecule has 0 spiro atoms. The molecule has 1 aromatic carbocycles. The molecule has 1 rings (SSSR count). The minimum absolute atomic E-state index is 0.170. The number of rotatable bonds is 6. The highest BCUT2D eigenvalue weighted by molar-refractivity contribution is 6.00. The number of hydrazine groups is 1. The van der Waals surface area contributed by atoms with Crippen LogP contribution in [0.4, 0.5) is 18.9 Å². The van der Waals surface area contributed by atoms with Gasteiger partial charge in [0.2, 0.25) is 0 Å². The summed E-state index contributed by atoms with van der Waals surface area (Å²) < 4.78 is 43.8. The molecule has 118 valence electrons. The number of benzene rings is 1. The molecule has 5 nitrogen and oxygen atoms in total. The van der Waals surface area contributed by atoms with E-state index in [-0.39, 0.29) is 18.2 Å². The van der Waals surface area contributed by atoms with Gasteiger partial charge in [-0.25, -0.2) is 0 Å². The second-order valence-corrected chi connectivity index (χ2v) is 4.35. The van der Waals surface area contributed by atoms with Crippen LogP contribution in [0.3, 0.4) is 0 Å². The fraction of sp³-hybridized carbons (Fsp3) is 0.462. The number of alkyl halides is 3. The molecular formula is C13H18F3N3O2. The van der Waals surface area contributed by atoms with Gasteiger partial charge in [0.1, 0.15) is 0 Å². The van der Waals surface area contributed by atoms with E-state index in [0.29, 0.717) is 6.61 Å². The Morgan fingerprint density at radius 2 is 2.10 bits per heavy atom. The summed E-state index contributed by atoms with van der Waals surface area (Å²) >= 11 is 0. The average Bonchev–Trinajstić information content (AvgIpc) is 2.43. The summed E-state index contributed by atoms with van der Waals surface area (Å²) in [6.07, 6.45) is -4.84. The lowest BCUT2D eigenvalue weighted by Gasteiger charge is -2.17. The van der Waals surface area contributed by atoms with E-state index in [2.05, 4.69) is 5.32 Å². The van der Waals surface area contributed by atoms with Gasteiger partial charge in [-0.05, 0) is 26.0 Å². The molecule has 0 saturated heterocycles. The largest absolute Gasteiger partial charge is 0.418 e. The number of anilines is 1. The van der Waals surface area contributed by atoms with Gasteiger partial charge >= 0.3 is 6.18 Å². The Morgan fingerprint density at radius 1 is 1.43 bits per heavy atom. The maximum Gasteiger partial charge on any atom is 0.418 e. The Labute approximate surface area is 120 Å². The molecule has 1 aromatic rings. The molecule has 0 saturated carbocycles. The lowest BCUT2D eigenvalue weighted by atomic mass is 10.1. The zero-order valence-electron chi connectivity index (χ0n) is 11.8. The van der Waals surface area contributed by atoms with Gasteiger partial charge in [0.15, 0.2) is 0 Å². The first kappa shape index (κ1) is 17.3. The maximum absolute atomic E-state index is 12.8. The van der Waals surface area contributed by atoms with Crippen LogP contribution in [0.25, 0.3) is 0 Å². The van der Waals surface area contributed by atoms with E-state index in [1.165, 1.54) is 6.07 Å². The molecular weight excluding hydrogens is 287 g/mol. The number of hydrogen-bond acceptors (Lipinski definition) is 4. The standard InChI is InChI=1S/C13H18F3N3O2/c1-3-21-8(2)7-18-12(20)9-5-4-6-10(11(9)19-17)13(14,15)16/h4-6,8,19H,3,7,17H2,1-2H3,(H,18,20). The number of nitrogen functional groups attached to an aromatic ring is 1. The molecule has 1 atom stereocenters. The van der Waals surface area contributed by atoms with Crippen LogP contribution in [0, 0.1) is 0 Å². The fourth-order valence-corrected chi connectivity index (χ4v) is 1.81. The zero-order valence-corrected chi connectivity index (χ0v) is 11.8. The molecule has 1 unspecified atom stereocenters. The van der Waals surface area contributed by atoms with Crippen molar-refractivity contribution < 1.29 is 22.7 Å². The first-order valence-corrected chi connectivity index (χ1v) is 6.37. The monoisotopic (exact) mass is 305 g/mol. The number of nitrogens with one attached hydrogen (secondary N) is 2. The summed E-state index contributed by atoms with van der Waals surface area (Å²) in [7, 11) is 0. The van der Waals surface area contributed by atoms with Gasteiger partial charge in [0, 0.05) is 13.2 Å². The lowest BCUT2D eigenvalue weighted by molar-refractivity contribution is -0.137. The highest BCUT2D eigenvalue weighted by atomic mass is 19.4. The van der Waals surface area contributed by atoms with Crippen LogP contribution in [0.2, 0.25) is 0 Å². The summed E-state index contributed by atoms with van der Waals surface area (Å²) in [5.74, 6) is 4.48. The van der Waals surface area contributed by atoms with E-state index < -0.39 is 23.3 Å². The fourth-order valence-electron chi connectivity index (χ4n) is 1.81. The third-order valence-electron chi connectivity index (χ3n) is 2.76. The number of amides is 1. The van der Waals surface area contributed by atoms with Crippen LogP contribution >= 0.6 is 0 Å². The van der Waals surface area contributed by atoms with Crippen molar-refractivity contribution in [2.24, 2.45) is 5.84 Å². The number of carbonyl (C=O) groups is 1. The smallest absolute Gasteiger partial charge is 0.377 e. The van der Waals surface area contributed by atoms with Crippen LogP contribution in [-0.4, -0.2) is 25.2 Å². The number of para-hydroxylation sites is 1. The summed E-state index contributed by atoms with van der Waals surface area (Å²) in [6.45, 7) is 4.22. The number of carbonyl (C=O) groups excluding carboxylic acids is 1. The van der Waals surface area contributed by atoms with Gasteiger partial charge in [-0.15, -0.1) is 0 Å². The zero-order chi connectivity index (χ0) is 16.0. The maximum atomic E-state index is 12.8. The van der Waals surface area contributed by atoms with Crippen LogP contribution in [-0.2, 0) is 10.9 Å². The minimum Gasteiger partial charge on any atom is -0.377 e. The Balaban J connectivity index is 2.95. The number of halogens is 3. The van der Waals surface area contributed by atoms with Gasteiger partial charge in [0.05, 0.1) is 22.9 Å². The van der Waals surface area contributed by atoms with Crippen LogP contribution < -0.4 is 16.6 Å². The molecule has 0 fully saturated rings. The molecule has 0 aliphatic heterocycles. The van der Waals surface area contributed by atoms with Gasteiger partial charge in [-0.1, -0.05) is 6.07 Å². The number of ether oxygens (including phenoxy) is 1. The molecule has 4 N–H and O–H groups in total. The lowest BCUT2D eigenvalue weighted by Crippen LogP contribution is -2.33. The van der Waals surface area contributed by atoms with E-state index in [4.69, 9.17) is 10.6 Å². The second-order valence-electron chi connectivity index (χ2n) is 4.35. The third kappa shape index (κ3) is 4.61. The van der Waals surface area contributed by atoms with Crippen molar-refractivity contribution in [3.05, 3.63) is 29.3 Å². The third-order valence-corrected chi connectivity index (χ3v) is 2.76. The normalized spacial score (nSPS) is 12.9. The van der Waals surface area contributed by atoms with Crippen molar-refractivity contribution in [1.29, 1.82) is 0 Å². The summed E-state index contributed by atoms with van der Waals surface area (Å²) in [5, 5.41) is 2.51. The van der Waals surface area contributed by atoms with E-state index in [1.54, 1.807) is 6.92 Å². The van der Waals surface area contributed by atoms with Crippen LogP contribution in [0.1, 0.15) is 29.8 Å². The molecule has 0 radical (unpaired) electrons. The topological polar surface area (TPSA) is 76.4 Å². The Kier molecular flexibility index (Phi) is 5.98. The molecule has 0 aromatic heterocycles. The highest BCUT2D eigenvalue weighted by Gasteiger charge is 2.35. The van der Waals surface area contributed by atoms with Crippen molar-refractivity contribution in [2.75, 3.05) is 18.6 Å². The molecule has 0 aliphatic carbocycles. The second kappa shape index (κ2) is 7.28. The number of hydrogen-bond donors (Lipinski definition) is 3. The Morgan fingerprint density at radius 3 is 2.62 bits per heavy atom. The Bertz CT molecular complexity index is 492. The molecule has 1 amide bonds. The predicted octanol–water partition coefficient (Wildman–Crippen LogP) is 2.15. The van der Waals surface area contributed by atoms with Gasteiger partial charge < -0.3 is 15.5 Å². The summed E-state index contributed by atoms with van der Waals surface area (Å²) in [6, 6.07) is 3.28. The van der Waals surface area contributed by atoms with E-state index in [1.807, 2.05) is 12.3 Å². The first-order valence-electron chi connectivity index (χ1n) is 6.37. The molecule has 0 heterocycles. The van der Waals surface area contributed by atoms with Crippen molar-refractivity contribution >= 4 is 11.6 Å². The quantitative estimate of drug-likeness (QED) is 0.556. The predicted molar refractivity (Wildman–Crippen MR) is 72.7 cm³/mol. The number of nitrogens with two attached hydrogens (primary N) is 1. The van der Waals surface area contributed by atoms with Crippen molar-refractivity contribution in [2.45, 2.75) is 26.1 Å². The molecule has 0 bridgehead atoms. The molecule has 21 heavy (non-hydrogen) atoms. The average molecular weight is 305 g/mol. The highest BCUT2D eigenvalue weighted by Crippen LogP contribution is 2.36. The van der Waals surface area contributed by atoms with E-state index in [0.717, 1.165) is 12.1 Å². The van der Waals surface area contributed by atoms with Gasteiger partial charge in [-0.3, -0.25) is 10.6 Å². The SMILES string of the molecule is CCOC(C)CNC(=O)c1cccc(C(F)(F)F)c1NN. The van der Waals surface area contributed by atoms with Crippen molar-refractivity contribution in [1.82, 2.24) is 5.32 Å². The summed E-state index contributed by atoms with van der Waals surface area (Å²) in [4.78, 5) is 12.0. The van der Waals surface area contributed by atoms with Crippen molar-refractivity contribution in [3.63, 3.8) is 0 Å². The van der Waals surface area contributed by atoms with Crippen molar-refractivity contribution in [3.8, 4) is 0 Å². The molecule has 0 aliphatic rings. The summed E-state index contributed by atoms with van der Waals surface area (Å²) in [5.41, 5.74) is 0.339. The van der Waals surface area contributed by atoms with Crippen LogP contribution in [0.5, 0.6) is 0 Å². The van der Waals surface area contributed by atoms with Gasteiger partial charge in [-0.2, -0.15) is 13.2 Å².